The van der Waals surface area contributed by atoms with Crippen LogP contribution in [0.4, 0.5) is 0 Å². The standard InChI is InChI=1S/C14H14O2/c1-3-16-14(15)7-5-4-6-13-10-8-12(2)9-11-13/h5,7-11H,3H2,1-2H3/b7-5-. The molecule has 0 unspecified atom stereocenters. The van der Waals surface area contributed by atoms with Crippen LogP contribution in [-0.4, -0.2) is 12.6 Å². The third-order valence-corrected chi connectivity index (χ3v) is 1.86. The molecule has 0 spiro atoms. The summed E-state index contributed by atoms with van der Waals surface area (Å²) in [6, 6.07) is 7.89. The van der Waals surface area contributed by atoms with E-state index in [4.69, 9.17) is 4.74 Å². The Kier molecular flexibility index (Phi) is 4.88. The number of esters is 1. The van der Waals surface area contributed by atoms with E-state index in [1.54, 1.807) is 6.92 Å². The number of aryl methyl sites for hydroxylation is 1. The predicted molar refractivity (Wildman–Crippen MR) is 63.8 cm³/mol. The maximum Gasteiger partial charge on any atom is 0.331 e. The molecule has 82 valence electrons. The number of allylic oxidation sites excluding steroid dienone is 1. The van der Waals surface area contributed by atoms with Crippen molar-refractivity contribution in [1.82, 2.24) is 0 Å². The fourth-order valence-corrected chi connectivity index (χ4v) is 1.06. The first kappa shape index (κ1) is 12.1. The SMILES string of the molecule is CCOC(=O)/C=C\C#Cc1ccc(C)cc1. The van der Waals surface area contributed by atoms with Crippen LogP contribution in [-0.2, 0) is 9.53 Å². The van der Waals surface area contributed by atoms with E-state index in [9.17, 15) is 4.79 Å². The number of hydrogen-bond donors (Lipinski definition) is 0. The fourth-order valence-electron chi connectivity index (χ4n) is 1.06. The maximum atomic E-state index is 10.9. The van der Waals surface area contributed by atoms with E-state index in [2.05, 4.69) is 11.8 Å². The zero-order valence-electron chi connectivity index (χ0n) is 9.49. The molecule has 2 nitrogen and oxygen atoms in total. The molecule has 0 heterocycles. The average molecular weight is 214 g/mol. The van der Waals surface area contributed by atoms with Gasteiger partial charge in [0.25, 0.3) is 0 Å². The summed E-state index contributed by atoms with van der Waals surface area (Å²) in [5.74, 6) is 5.34. The van der Waals surface area contributed by atoms with Crippen LogP contribution < -0.4 is 0 Å². The molecule has 0 aromatic heterocycles. The molecule has 16 heavy (non-hydrogen) atoms. The Labute approximate surface area is 95.9 Å². The first-order valence-corrected chi connectivity index (χ1v) is 5.14. The predicted octanol–water partition coefficient (Wildman–Crippen LogP) is 2.47. The zero-order valence-corrected chi connectivity index (χ0v) is 9.49. The summed E-state index contributed by atoms with van der Waals surface area (Å²) in [6.07, 6.45) is 2.82. The summed E-state index contributed by atoms with van der Waals surface area (Å²) < 4.78 is 4.72. The molecular formula is C14H14O2. The smallest absolute Gasteiger partial charge is 0.331 e. The fraction of sp³-hybridized carbons (Fsp3) is 0.214. The van der Waals surface area contributed by atoms with Crippen LogP contribution in [0.5, 0.6) is 0 Å². The van der Waals surface area contributed by atoms with Crippen LogP contribution in [0.25, 0.3) is 0 Å². The van der Waals surface area contributed by atoms with Crippen LogP contribution in [0, 0.1) is 18.8 Å². The minimum Gasteiger partial charge on any atom is -0.463 e. The van der Waals surface area contributed by atoms with Gasteiger partial charge in [0.1, 0.15) is 0 Å². The number of carbonyl (C=O) groups is 1. The lowest BCUT2D eigenvalue weighted by Crippen LogP contribution is -1.98. The summed E-state index contributed by atoms with van der Waals surface area (Å²) in [5.41, 5.74) is 2.13. The molecule has 0 bridgehead atoms. The van der Waals surface area contributed by atoms with Gasteiger partial charge in [0, 0.05) is 11.6 Å². The Morgan fingerprint density at radius 2 is 2.06 bits per heavy atom. The first-order chi connectivity index (χ1) is 7.72. The monoisotopic (exact) mass is 214 g/mol. The first-order valence-electron chi connectivity index (χ1n) is 5.14. The van der Waals surface area contributed by atoms with Gasteiger partial charge in [-0.05, 0) is 32.1 Å². The van der Waals surface area contributed by atoms with Crippen molar-refractivity contribution in [2.75, 3.05) is 6.61 Å². The van der Waals surface area contributed by atoms with E-state index in [0.717, 1.165) is 5.56 Å². The van der Waals surface area contributed by atoms with Crippen LogP contribution in [0.2, 0.25) is 0 Å². The van der Waals surface area contributed by atoms with Crippen molar-refractivity contribution in [2.24, 2.45) is 0 Å². The minimum atomic E-state index is -0.360. The van der Waals surface area contributed by atoms with Gasteiger partial charge >= 0.3 is 5.97 Å². The number of rotatable bonds is 2. The lowest BCUT2D eigenvalue weighted by Gasteiger charge is -1.92. The van der Waals surface area contributed by atoms with E-state index >= 15 is 0 Å². The minimum absolute atomic E-state index is 0.360. The highest BCUT2D eigenvalue weighted by Crippen LogP contribution is 2.00. The zero-order chi connectivity index (χ0) is 11.8. The van der Waals surface area contributed by atoms with Gasteiger partial charge in [-0.3, -0.25) is 0 Å². The number of benzene rings is 1. The molecule has 0 atom stereocenters. The third-order valence-electron chi connectivity index (χ3n) is 1.86. The molecule has 0 aliphatic heterocycles. The number of hydrogen-bond acceptors (Lipinski definition) is 2. The highest BCUT2D eigenvalue weighted by Gasteiger charge is 1.90. The van der Waals surface area contributed by atoms with Gasteiger partial charge in [-0.1, -0.05) is 29.5 Å². The van der Waals surface area contributed by atoms with Crippen LogP contribution in [0.1, 0.15) is 18.1 Å². The average Bonchev–Trinajstić information content (AvgIpc) is 2.27. The normalized spacial score (nSPS) is 9.62. The van der Waals surface area contributed by atoms with Gasteiger partial charge in [-0.15, -0.1) is 0 Å². The maximum absolute atomic E-state index is 10.9. The highest BCUT2D eigenvalue weighted by atomic mass is 16.5. The molecule has 0 N–H and O–H groups in total. The van der Waals surface area contributed by atoms with E-state index in [0.29, 0.717) is 6.61 Å². The lowest BCUT2D eigenvalue weighted by atomic mass is 10.1. The van der Waals surface area contributed by atoms with Gasteiger partial charge in [0.05, 0.1) is 6.61 Å². The molecule has 0 saturated heterocycles. The second kappa shape index (κ2) is 6.47. The second-order valence-electron chi connectivity index (χ2n) is 3.22. The largest absolute Gasteiger partial charge is 0.463 e. The van der Waals surface area contributed by atoms with Gasteiger partial charge in [-0.2, -0.15) is 0 Å². The Hall–Kier alpha value is -2.01. The Morgan fingerprint density at radius 3 is 2.69 bits per heavy atom. The Bertz CT molecular complexity index is 430. The molecule has 0 amide bonds. The summed E-state index contributed by atoms with van der Waals surface area (Å²) in [5, 5.41) is 0. The number of ether oxygens (including phenoxy) is 1. The quantitative estimate of drug-likeness (QED) is 0.429. The van der Waals surface area contributed by atoms with Gasteiger partial charge in [-0.25, -0.2) is 4.79 Å². The molecule has 1 rings (SSSR count). The van der Waals surface area contributed by atoms with Gasteiger partial charge in [0.2, 0.25) is 0 Å². The lowest BCUT2D eigenvalue weighted by molar-refractivity contribution is -0.137. The van der Waals surface area contributed by atoms with Crippen molar-refractivity contribution in [3.63, 3.8) is 0 Å². The van der Waals surface area contributed by atoms with Crippen molar-refractivity contribution in [1.29, 1.82) is 0 Å². The summed E-state index contributed by atoms with van der Waals surface area (Å²) in [6.45, 7) is 4.18. The summed E-state index contributed by atoms with van der Waals surface area (Å²) in [7, 11) is 0. The van der Waals surface area contributed by atoms with E-state index < -0.39 is 0 Å². The molecule has 2 heteroatoms. The molecule has 1 aromatic carbocycles. The molecule has 0 saturated carbocycles. The van der Waals surface area contributed by atoms with E-state index in [1.165, 1.54) is 17.7 Å². The summed E-state index contributed by atoms with van der Waals surface area (Å²) in [4.78, 5) is 10.9. The van der Waals surface area contributed by atoms with Gasteiger partial charge < -0.3 is 4.74 Å². The molecule has 0 aliphatic rings. The van der Waals surface area contributed by atoms with E-state index in [-0.39, 0.29) is 5.97 Å². The van der Waals surface area contributed by atoms with Crippen LogP contribution in [0.15, 0.2) is 36.4 Å². The Balaban J connectivity index is 2.55. The molecule has 0 aliphatic carbocycles. The number of carbonyl (C=O) groups excluding carboxylic acids is 1. The molecule has 0 fully saturated rings. The van der Waals surface area contributed by atoms with E-state index in [1.807, 2.05) is 31.2 Å². The van der Waals surface area contributed by atoms with Crippen molar-refractivity contribution in [3.05, 3.63) is 47.5 Å². The molecular weight excluding hydrogens is 200 g/mol. The highest BCUT2D eigenvalue weighted by molar-refractivity contribution is 5.82. The topological polar surface area (TPSA) is 26.3 Å². The Morgan fingerprint density at radius 1 is 1.38 bits per heavy atom. The third kappa shape index (κ3) is 4.47. The molecule has 1 aromatic rings. The molecule has 0 radical (unpaired) electrons. The van der Waals surface area contributed by atoms with Gasteiger partial charge in [0.15, 0.2) is 0 Å². The summed E-state index contributed by atoms with van der Waals surface area (Å²) >= 11 is 0. The van der Waals surface area contributed by atoms with Crippen LogP contribution >= 0.6 is 0 Å². The van der Waals surface area contributed by atoms with Crippen molar-refractivity contribution in [3.8, 4) is 11.8 Å². The van der Waals surface area contributed by atoms with Crippen molar-refractivity contribution >= 4 is 5.97 Å². The van der Waals surface area contributed by atoms with Crippen LogP contribution in [0.3, 0.4) is 0 Å². The second-order valence-corrected chi connectivity index (χ2v) is 3.22. The van der Waals surface area contributed by atoms with Crippen molar-refractivity contribution < 1.29 is 9.53 Å². The van der Waals surface area contributed by atoms with Crippen molar-refractivity contribution in [2.45, 2.75) is 13.8 Å².